The Hall–Kier alpha value is -9.24. The van der Waals surface area contributed by atoms with E-state index < -0.39 is 0 Å². The van der Waals surface area contributed by atoms with E-state index in [1.807, 2.05) is 0 Å². The van der Waals surface area contributed by atoms with Crippen LogP contribution >= 0.6 is 0 Å². The van der Waals surface area contributed by atoms with Crippen LogP contribution in [0.25, 0.3) is 105 Å². The van der Waals surface area contributed by atoms with Crippen molar-refractivity contribution in [2.75, 3.05) is 4.90 Å². The lowest BCUT2D eigenvalue weighted by Crippen LogP contribution is -2.12. The van der Waals surface area contributed by atoms with Crippen molar-refractivity contribution in [2.24, 2.45) is 0 Å². The topological polar surface area (TPSA) is 8.17 Å². The van der Waals surface area contributed by atoms with E-state index in [9.17, 15) is 0 Å². The Morgan fingerprint density at radius 3 is 1.60 bits per heavy atom. The molecule has 12 aromatic carbocycles. The van der Waals surface area contributed by atoms with Gasteiger partial charge in [0.05, 0.1) is 16.7 Å². The number of aromatic nitrogens is 1. The fourth-order valence-electron chi connectivity index (χ4n) is 10.7. The highest BCUT2D eigenvalue weighted by molar-refractivity contribution is 6.11. The van der Waals surface area contributed by atoms with Crippen LogP contribution in [0.2, 0.25) is 0 Å². The second kappa shape index (κ2) is 17.4. The lowest BCUT2D eigenvalue weighted by molar-refractivity contribution is 1.18. The number of benzene rings is 12. The van der Waals surface area contributed by atoms with E-state index in [-0.39, 0.29) is 0 Å². The van der Waals surface area contributed by atoms with Crippen molar-refractivity contribution in [1.82, 2.24) is 4.57 Å². The SMILES string of the molecule is c1ccc(-c2ccccc2-c2c(-c3ccccc3)cccc2N(c2ccc(-c3ccc4c(ccc5ccccc54)c3)cc2)c2cccc(-c3ccc4c(c3)c3ccccc3n4-c3ccccc3)c2)cc1. The molecule has 0 unspecified atom stereocenters. The van der Waals surface area contributed by atoms with Crippen LogP contribution in [0, 0.1) is 0 Å². The van der Waals surface area contributed by atoms with Gasteiger partial charge >= 0.3 is 0 Å². The monoisotopic (exact) mass is 890 g/mol. The first-order valence-electron chi connectivity index (χ1n) is 24.1. The van der Waals surface area contributed by atoms with Crippen LogP contribution in [0.1, 0.15) is 0 Å². The summed E-state index contributed by atoms with van der Waals surface area (Å²) in [6, 6.07) is 102. The Balaban J connectivity index is 1.00. The number of anilines is 3. The van der Waals surface area contributed by atoms with Gasteiger partial charge in [-0.05, 0) is 138 Å². The molecule has 0 saturated heterocycles. The average molecular weight is 891 g/mol. The molecule has 1 aromatic heterocycles. The first-order chi connectivity index (χ1) is 34.7. The molecular formula is C68H46N2. The molecule has 70 heavy (non-hydrogen) atoms. The number of hydrogen-bond donors (Lipinski definition) is 0. The number of rotatable bonds is 9. The van der Waals surface area contributed by atoms with Gasteiger partial charge in [-0.1, -0.05) is 212 Å². The van der Waals surface area contributed by atoms with E-state index in [1.165, 1.54) is 87.9 Å². The second-order valence-corrected chi connectivity index (χ2v) is 18.1. The third-order valence-corrected chi connectivity index (χ3v) is 14.0. The van der Waals surface area contributed by atoms with E-state index in [0.717, 1.165) is 33.9 Å². The summed E-state index contributed by atoms with van der Waals surface area (Å²) in [5.41, 5.74) is 18.5. The second-order valence-electron chi connectivity index (χ2n) is 18.1. The highest BCUT2D eigenvalue weighted by Gasteiger charge is 2.23. The van der Waals surface area contributed by atoms with Gasteiger partial charge < -0.3 is 9.47 Å². The third kappa shape index (κ3) is 7.22. The zero-order valence-electron chi connectivity index (χ0n) is 38.5. The molecule has 0 spiro atoms. The summed E-state index contributed by atoms with van der Waals surface area (Å²) >= 11 is 0. The highest BCUT2D eigenvalue weighted by atomic mass is 15.1. The summed E-state index contributed by atoms with van der Waals surface area (Å²) < 4.78 is 2.38. The predicted octanol–water partition coefficient (Wildman–Crippen LogP) is 18.9. The lowest BCUT2D eigenvalue weighted by atomic mass is 9.87. The molecule has 1 heterocycles. The van der Waals surface area contributed by atoms with E-state index >= 15 is 0 Å². The van der Waals surface area contributed by atoms with E-state index in [0.29, 0.717) is 0 Å². The molecule has 13 rings (SSSR count). The average Bonchev–Trinajstić information content (AvgIpc) is 3.77. The maximum absolute atomic E-state index is 2.46. The van der Waals surface area contributed by atoms with E-state index in [2.05, 4.69) is 289 Å². The summed E-state index contributed by atoms with van der Waals surface area (Å²) in [6.45, 7) is 0. The fraction of sp³-hybridized carbons (Fsp3) is 0. The molecule has 0 atom stereocenters. The van der Waals surface area contributed by atoms with Gasteiger partial charge in [-0.25, -0.2) is 0 Å². The smallest absolute Gasteiger partial charge is 0.0546 e. The van der Waals surface area contributed by atoms with Crippen molar-refractivity contribution in [3.05, 3.63) is 279 Å². The Morgan fingerprint density at radius 2 is 0.800 bits per heavy atom. The van der Waals surface area contributed by atoms with Crippen molar-refractivity contribution in [3.63, 3.8) is 0 Å². The van der Waals surface area contributed by atoms with Crippen molar-refractivity contribution in [3.8, 4) is 61.3 Å². The minimum atomic E-state index is 1.07. The summed E-state index contributed by atoms with van der Waals surface area (Å²) in [5.74, 6) is 0. The minimum absolute atomic E-state index is 1.07. The maximum Gasteiger partial charge on any atom is 0.0546 e. The molecule has 0 amide bonds. The van der Waals surface area contributed by atoms with Crippen LogP contribution < -0.4 is 4.90 Å². The first-order valence-corrected chi connectivity index (χ1v) is 24.1. The normalized spacial score (nSPS) is 11.4. The van der Waals surface area contributed by atoms with Crippen molar-refractivity contribution in [2.45, 2.75) is 0 Å². The van der Waals surface area contributed by atoms with Gasteiger partial charge in [0.1, 0.15) is 0 Å². The molecule has 0 aliphatic carbocycles. The van der Waals surface area contributed by atoms with Gasteiger partial charge in [0.2, 0.25) is 0 Å². The summed E-state index contributed by atoms with van der Waals surface area (Å²) in [4.78, 5) is 2.46. The molecular weight excluding hydrogens is 845 g/mol. The van der Waals surface area contributed by atoms with Crippen LogP contribution in [0.5, 0.6) is 0 Å². The summed E-state index contributed by atoms with van der Waals surface area (Å²) in [6.07, 6.45) is 0. The van der Waals surface area contributed by atoms with Crippen LogP contribution in [-0.4, -0.2) is 4.57 Å². The Bertz CT molecular complexity index is 4040. The zero-order valence-corrected chi connectivity index (χ0v) is 38.5. The van der Waals surface area contributed by atoms with Gasteiger partial charge in [-0.3, -0.25) is 0 Å². The number of fused-ring (bicyclic) bond motifs is 6. The van der Waals surface area contributed by atoms with Gasteiger partial charge in [0.15, 0.2) is 0 Å². The molecule has 0 fully saturated rings. The Morgan fingerprint density at radius 1 is 0.257 bits per heavy atom. The standard InChI is InChI=1S/C68H46N2/c1-4-18-48(19-5-1)59-28-12-13-30-63(59)68-61(49-20-6-2-7-21-49)31-17-33-67(68)69(56-40-36-47(37-41-56)52-38-42-60-54(44-52)35-34-50-22-10-11-27-58(50)60)57-26-16-23-51(45-57)53-39-43-66-64(46-53)62-29-14-15-32-65(62)70(66)55-24-8-3-9-25-55/h1-46H. The largest absolute Gasteiger partial charge is 0.310 e. The lowest BCUT2D eigenvalue weighted by Gasteiger charge is -2.30. The molecule has 0 saturated carbocycles. The Labute approximate surface area is 408 Å². The van der Waals surface area contributed by atoms with Crippen molar-refractivity contribution in [1.29, 1.82) is 0 Å². The van der Waals surface area contributed by atoms with Crippen LogP contribution in [-0.2, 0) is 0 Å². The molecule has 328 valence electrons. The van der Waals surface area contributed by atoms with Crippen LogP contribution in [0.3, 0.4) is 0 Å². The number of hydrogen-bond acceptors (Lipinski definition) is 1. The molecule has 2 nitrogen and oxygen atoms in total. The first kappa shape index (κ1) is 41.0. The highest BCUT2D eigenvalue weighted by Crippen LogP contribution is 2.49. The molecule has 13 aromatic rings. The third-order valence-electron chi connectivity index (χ3n) is 14.0. The van der Waals surface area contributed by atoms with Crippen molar-refractivity contribution < 1.29 is 0 Å². The number of nitrogens with zero attached hydrogens (tertiary/aromatic N) is 2. The molecule has 0 bridgehead atoms. The van der Waals surface area contributed by atoms with Crippen LogP contribution in [0.15, 0.2) is 279 Å². The van der Waals surface area contributed by atoms with E-state index in [1.54, 1.807) is 0 Å². The predicted molar refractivity (Wildman–Crippen MR) is 298 cm³/mol. The molecule has 2 heteroatoms. The molecule has 0 N–H and O–H groups in total. The molecule has 0 aliphatic heterocycles. The minimum Gasteiger partial charge on any atom is -0.310 e. The summed E-state index contributed by atoms with van der Waals surface area (Å²) in [7, 11) is 0. The van der Waals surface area contributed by atoms with Crippen molar-refractivity contribution >= 4 is 60.4 Å². The Kier molecular flexibility index (Phi) is 10.2. The maximum atomic E-state index is 2.46. The van der Waals surface area contributed by atoms with Gasteiger partial charge in [-0.2, -0.15) is 0 Å². The van der Waals surface area contributed by atoms with E-state index in [4.69, 9.17) is 0 Å². The van der Waals surface area contributed by atoms with Crippen LogP contribution in [0.4, 0.5) is 17.1 Å². The van der Waals surface area contributed by atoms with Gasteiger partial charge in [0.25, 0.3) is 0 Å². The zero-order chi connectivity index (χ0) is 46.4. The number of para-hydroxylation sites is 2. The van der Waals surface area contributed by atoms with Gasteiger partial charge in [-0.15, -0.1) is 0 Å². The molecule has 0 aliphatic rings. The quantitative estimate of drug-likeness (QED) is 0.131. The summed E-state index contributed by atoms with van der Waals surface area (Å²) in [5, 5.41) is 7.51. The fourth-order valence-corrected chi connectivity index (χ4v) is 10.7. The van der Waals surface area contributed by atoms with Gasteiger partial charge in [0, 0.05) is 33.4 Å². The molecule has 0 radical (unpaired) electrons.